The molecule has 4 aromatic rings. The van der Waals surface area contributed by atoms with Crippen LogP contribution in [0, 0.1) is 11.6 Å². The smallest absolute Gasteiger partial charge is 0.159 e. The quantitative estimate of drug-likeness (QED) is 0.327. The molecule has 0 aliphatic heterocycles. The lowest BCUT2D eigenvalue weighted by molar-refractivity contribution is 0.319. The van der Waals surface area contributed by atoms with Gasteiger partial charge in [-0.3, -0.25) is 4.40 Å². The fourth-order valence-electron chi connectivity index (χ4n) is 3.01. The van der Waals surface area contributed by atoms with E-state index in [9.17, 15) is 14.0 Å². The van der Waals surface area contributed by atoms with Crippen LogP contribution >= 0.6 is 0 Å². The van der Waals surface area contributed by atoms with Gasteiger partial charge in [-0.15, -0.1) is 0 Å². The maximum Gasteiger partial charge on any atom is 0.159 e. The number of halogens is 2. The molecule has 0 atom stereocenters. The number of anilines is 1. The summed E-state index contributed by atoms with van der Waals surface area (Å²) in [7, 11) is 0. The summed E-state index contributed by atoms with van der Waals surface area (Å²) in [6.07, 6.45) is 1.69. The molecule has 0 fully saturated rings. The van der Waals surface area contributed by atoms with Gasteiger partial charge in [-0.1, -0.05) is 35.5 Å². The summed E-state index contributed by atoms with van der Waals surface area (Å²) < 4.78 is 28.6. The summed E-state index contributed by atoms with van der Waals surface area (Å²) in [6, 6.07) is 16.2. The molecule has 2 aromatic carbocycles. The van der Waals surface area contributed by atoms with Gasteiger partial charge in [0.25, 0.3) is 0 Å². The van der Waals surface area contributed by atoms with Gasteiger partial charge in [0.15, 0.2) is 17.5 Å². The van der Waals surface area contributed by atoms with E-state index in [1.807, 2.05) is 30.3 Å². The van der Waals surface area contributed by atoms with Crippen LogP contribution in [0.4, 0.5) is 14.6 Å². The number of imidazole rings is 1. The van der Waals surface area contributed by atoms with Crippen LogP contribution in [0.15, 0.2) is 72.0 Å². The molecule has 3 N–H and O–H groups in total. The van der Waals surface area contributed by atoms with Crippen LogP contribution in [-0.4, -0.2) is 20.3 Å². The van der Waals surface area contributed by atoms with E-state index in [0.717, 1.165) is 17.7 Å². The molecular weight excluding hydrogens is 350 g/mol. The topological polar surface area (TPSA) is 75.9 Å². The summed E-state index contributed by atoms with van der Waals surface area (Å²) in [5.41, 5.74) is 9.05. The van der Waals surface area contributed by atoms with Crippen molar-refractivity contribution in [3.05, 3.63) is 89.6 Å². The molecular formula is C20H14F2N4O. The molecule has 0 spiro atoms. The highest BCUT2D eigenvalue weighted by molar-refractivity contribution is 6.12. The Bertz CT molecular complexity index is 1170. The molecule has 2 aromatic heterocycles. The Hall–Kier alpha value is -3.74. The molecule has 0 saturated heterocycles. The highest BCUT2D eigenvalue weighted by atomic mass is 19.2. The van der Waals surface area contributed by atoms with Crippen molar-refractivity contribution >= 4 is 17.2 Å². The molecule has 7 heteroatoms. The monoisotopic (exact) mass is 364 g/mol. The molecule has 27 heavy (non-hydrogen) atoms. The minimum Gasteiger partial charge on any atom is -0.410 e. The third-order valence-electron chi connectivity index (χ3n) is 4.26. The van der Waals surface area contributed by atoms with Crippen molar-refractivity contribution in [2.75, 3.05) is 5.73 Å². The van der Waals surface area contributed by atoms with Gasteiger partial charge in [0.1, 0.15) is 11.4 Å². The molecule has 0 radical (unpaired) electrons. The number of fused-ring (bicyclic) bond motifs is 1. The zero-order valence-corrected chi connectivity index (χ0v) is 14.0. The number of hydrogen-bond donors (Lipinski definition) is 2. The highest BCUT2D eigenvalue weighted by Gasteiger charge is 2.16. The molecule has 0 unspecified atom stereocenters. The summed E-state index contributed by atoms with van der Waals surface area (Å²) in [4.78, 5) is 4.26. The van der Waals surface area contributed by atoms with Gasteiger partial charge in [0.2, 0.25) is 0 Å². The summed E-state index contributed by atoms with van der Waals surface area (Å²) in [6.45, 7) is 0. The summed E-state index contributed by atoms with van der Waals surface area (Å²) in [5.74, 6) is -1.73. The maximum absolute atomic E-state index is 13.7. The van der Waals surface area contributed by atoms with Gasteiger partial charge in [-0.2, -0.15) is 0 Å². The predicted octanol–water partition coefficient (Wildman–Crippen LogP) is 4.09. The van der Waals surface area contributed by atoms with Crippen molar-refractivity contribution in [3.63, 3.8) is 0 Å². The Kier molecular flexibility index (Phi) is 4.04. The number of oxime groups is 1. The molecule has 4 rings (SSSR count). The standard InChI is InChI=1S/C20H14F2N4O/c21-15-8-6-13(10-16(15)22)19-20(23)24-17-9-7-14(11-26(17)19)18(25-27)12-4-2-1-3-5-12/h1-11,27H,23H2/b25-18+. The van der Waals surface area contributed by atoms with Crippen molar-refractivity contribution in [2.45, 2.75) is 0 Å². The molecule has 0 aliphatic rings. The van der Waals surface area contributed by atoms with E-state index in [-0.39, 0.29) is 5.82 Å². The van der Waals surface area contributed by atoms with Gasteiger partial charge in [-0.05, 0) is 30.3 Å². The predicted molar refractivity (Wildman–Crippen MR) is 98.8 cm³/mol. The summed E-state index contributed by atoms with van der Waals surface area (Å²) >= 11 is 0. The van der Waals surface area contributed by atoms with Gasteiger partial charge in [-0.25, -0.2) is 13.8 Å². The molecule has 134 valence electrons. The van der Waals surface area contributed by atoms with E-state index in [1.54, 1.807) is 22.7 Å². The molecule has 2 heterocycles. The second kappa shape index (κ2) is 6.53. The fourth-order valence-corrected chi connectivity index (χ4v) is 3.01. The van der Waals surface area contributed by atoms with Crippen molar-refractivity contribution < 1.29 is 14.0 Å². The van der Waals surface area contributed by atoms with E-state index in [4.69, 9.17) is 5.73 Å². The van der Waals surface area contributed by atoms with Crippen LogP contribution in [0.2, 0.25) is 0 Å². The first-order chi connectivity index (χ1) is 13.1. The molecule has 0 aliphatic carbocycles. The van der Waals surface area contributed by atoms with Gasteiger partial charge in [0.05, 0.1) is 5.69 Å². The number of aromatic nitrogens is 2. The van der Waals surface area contributed by atoms with Crippen LogP contribution in [0.1, 0.15) is 11.1 Å². The molecule has 0 amide bonds. The Balaban J connectivity index is 1.91. The fraction of sp³-hybridized carbons (Fsp3) is 0. The van der Waals surface area contributed by atoms with Crippen LogP contribution in [-0.2, 0) is 0 Å². The van der Waals surface area contributed by atoms with Crippen molar-refractivity contribution in [1.29, 1.82) is 0 Å². The summed E-state index contributed by atoms with van der Waals surface area (Å²) in [5, 5.41) is 12.9. The third kappa shape index (κ3) is 2.89. The third-order valence-corrected chi connectivity index (χ3v) is 4.26. The second-order valence-corrected chi connectivity index (χ2v) is 5.94. The van der Waals surface area contributed by atoms with E-state index in [0.29, 0.717) is 28.2 Å². The number of benzene rings is 2. The SMILES string of the molecule is Nc1nc2ccc(/C(=N/O)c3ccccc3)cn2c1-c1ccc(F)c(F)c1. The average Bonchev–Trinajstić information content (AvgIpc) is 3.01. The number of pyridine rings is 1. The van der Waals surface area contributed by atoms with E-state index < -0.39 is 11.6 Å². The van der Waals surface area contributed by atoms with Crippen LogP contribution in [0.3, 0.4) is 0 Å². The average molecular weight is 364 g/mol. The van der Waals surface area contributed by atoms with Crippen LogP contribution in [0.5, 0.6) is 0 Å². The van der Waals surface area contributed by atoms with Gasteiger partial charge < -0.3 is 10.9 Å². The van der Waals surface area contributed by atoms with Crippen molar-refractivity contribution in [1.82, 2.24) is 9.38 Å². The van der Waals surface area contributed by atoms with E-state index in [2.05, 4.69) is 10.1 Å². The first kappa shape index (κ1) is 16.7. The molecule has 0 saturated carbocycles. The lowest BCUT2D eigenvalue weighted by atomic mass is 10.0. The lowest BCUT2D eigenvalue weighted by Crippen LogP contribution is -2.05. The zero-order chi connectivity index (χ0) is 19.0. The second-order valence-electron chi connectivity index (χ2n) is 5.94. The van der Waals surface area contributed by atoms with E-state index >= 15 is 0 Å². The Morgan fingerprint density at radius 1 is 0.963 bits per heavy atom. The normalized spacial score (nSPS) is 11.9. The van der Waals surface area contributed by atoms with E-state index in [1.165, 1.54) is 6.07 Å². The number of nitrogens with two attached hydrogens (primary N) is 1. The van der Waals surface area contributed by atoms with Gasteiger partial charge >= 0.3 is 0 Å². The molecule has 5 nitrogen and oxygen atoms in total. The minimum atomic E-state index is -0.972. The van der Waals surface area contributed by atoms with Crippen LogP contribution < -0.4 is 5.73 Å². The first-order valence-corrected chi connectivity index (χ1v) is 8.09. The largest absolute Gasteiger partial charge is 0.410 e. The Labute approximate surface area is 153 Å². The van der Waals surface area contributed by atoms with Crippen molar-refractivity contribution in [2.24, 2.45) is 5.16 Å². The number of nitrogens with zero attached hydrogens (tertiary/aromatic N) is 3. The molecule has 0 bridgehead atoms. The number of nitrogen functional groups attached to an aromatic ring is 1. The van der Waals surface area contributed by atoms with Crippen LogP contribution in [0.25, 0.3) is 16.9 Å². The number of hydrogen-bond acceptors (Lipinski definition) is 4. The number of rotatable bonds is 3. The Morgan fingerprint density at radius 3 is 2.44 bits per heavy atom. The minimum absolute atomic E-state index is 0.181. The first-order valence-electron chi connectivity index (χ1n) is 8.09. The zero-order valence-electron chi connectivity index (χ0n) is 14.0. The lowest BCUT2D eigenvalue weighted by Gasteiger charge is -2.08. The Morgan fingerprint density at radius 2 is 1.74 bits per heavy atom. The van der Waals surface area contributed by atoms with Crippen molar-refractivity contribution in [3.8, 4) is 11.3 Å². The maximum atomic E-state index is 13.7. The van der Waals surface area contributed by atoms with Gasteiger partial charge in [0, 0.05) is 22.9 Å². The highest BCUT2D eigenvalue weighted by Crippen LogP contribution is 2.29.